The first kappa shape index (κ1) is 29.0. The Bertz CT molecular complexity index is 1780. The average molecular weight is 591 g/mol. The molecule has 1 aliphatic rings. The molecule has 3 aromatic carbocycles. The molecule has 0 saturated heterocycles. The Morgan fingerprint density at radius 1 is 1.10 bits per heavy atom. The predicted octanol–water partition coefficient (Wildman–Crippen LogP) is 6.33. The number of furan rings is 1. The van der Waals surface area contributed by atoms with Gasteiger partial charge in [-0.05, 0) is 75.0 Å². The number of aryl methyl sites for hydroxylation is 1. The van der Waals surface area contributed by atoms with Gasteiger partial charge >= 0.3 is 0 Å². The minimum atomic E-state index is -0.690. The molecule has 0 atom stereocenters. The molecular formula is C31H28ClFN4O5. The normalized spacial score (nSPS) is 13.3. The van der Waals surface area contributed by atoms with Crippen molar-refractivity contribution in [1.82, 2.24) is 20.8 Å². The summed E-state index contributed by atoms with van der Waals surface area (Å²) >= 11 is 6.63. The lowest BCUT2D eigenvalue weighted by molar-refractivity contribution is 0.0924. The number of nitrogens with zero attached hydrogens (tertiary/aromatic N) is 2. The number of fused-ring (bicyclic) bond motifs is 1. The fourth-order valence-corrected chi connectivity index (χ4v) is 4.91. The quantitative estimate of drug-likeness (QED) is 0.211. The second-order valence-electron chi connectivity index (χ2n) is 9.89. The van der Waals surface area contributed by atoms with Crippen LogP contribution in [0.5, 0.6) is 5.75 Å². The minimum Gasteiger partial charge on any atom is -0.496 e. The lowest BCUT2D eigenvalue weighted by Gasteiger charge is -2.17. The summed E-state index contributed by atoms with van der Waals surface area (Å²) < 4.78 is 30.0. The van der Waals surface area contributed by atoms with E-state index in [0.717, 1.165) is 0 Å². The van der Waals surface area contributed by atoms with Gasteiger partial charge in [0.2, 0.25) is 5.89 Å². The molecule has 42 heavy (non-hydrogen) atoms. The van der Waals surface area contributed by atoms with E-state index in [2.05, 4.69) is 20.8 Å². The molecule has 0 radical (unpaired) electrons. The van der Waals surface area contributed by atoms with Gasteiger partial charge in [-0.1, -0.05) is 22.8 Å². The van der Waals surface area contributed by atoms with Crippen molar-refractivity contribution in [2.24, 2.45) is 0 Å². The maximum atomic E-state index is 13.4. The van der Waals surface area contributed by atoms with E-state index in [1.807, 2.05) is 14.1 Å². The number of ether oxygens (including phenoxy) is 1. The van der Waals surface area contributed by atoms with Crippen LogP contribution >= 0.6 is 11.6 Å². The van der Waals surface area contributed by atoms with Crippen LogP contribution in [0.15, 0.2) is 63.5 Å². The highest BCUT2D eigenvalue weighted by Gasteiger charge is 2.50. The molecule has 1 fully saturated rings. The summed E-state index contributed by atoms with van der Waals surface area (Å²) in [5.41, 5.74) is 2.19. The second-order valence-corrected chi connectivity index (χ2v) is 10.3. The minimum absolute atomic E-state index is 0.276. The van der Waals surface area contributed by atoms with Crippen LogP contribution in [0.25, 0.3) is 33.4 Å². The van der Waals surface area contributed by atoms with Crippen molar-refractivity contribution < 1.29 is 27.7 Å². The maximum Gasteiger partial charge on any atom is 0.255 e. The number of methoxy groups -OCH3 is 1. The third-order valence-electron chi connectivity index (χ3n) is 6.85. The van der Waals surface area contributed by atoms with Gasteiger partial charge < -0.3 is 24.3 Å². The number of rotatable bonds is 7. The van der Waals surface area contributed by atoms with E-state index >= 15 is 0 Å². The predicted molar refractivity (Wildman–Crippen MR) is 156 cm³/mol. The van der Waals surface area contributed by atoms with Gasteiger partial charge in [0.15, 0.2) is 12.1 Å². The number of aromatic nitrogens is 2. The first-order valence-electron chi connectivity index (χ1n) is 13.1. The highest BCUT2D eigenvalue weighted by molar-refractivity contribution is 6.33. The maximum absolute atomic E-state index is 13.4. The molecule has 2 N–H and O–H groups in total. The molecule has 1 amide bonds. The van der Waals surface area contributed by atoms with E-state index in [1.54, 1.807) is 49.4 Å². The van der Waals surface area contributed by atoms with E-state index in [1.165, 1.54) is 19.2 Å². The Hall–Kier alpha value is -4.54. The van der Waals surface area contributed by atoms with Crippen molar-refractivity contribution in [3.63, 3.8) is 0 Å². The highest BCUT2D eigenvalue weighted by atomic mass is 35.5. The number of carbonyl (C=O) groups is 2. The molecule has 0 spiro atoms. The molecule has 0 aliphatic heterocycles. The van der Waals surface area contributed by atoms with Gasteiger partial charge in [-0.15, -0.1) is 0 Å². The zero-order valence-corrected chi connectivity index (χ0v) is 24.1. The van der Waals surface area contributed by atoms with E-state index in [4.69, 9.17) is 25.3 Å². The van der Waals surface area contributed by atoms with Crippen LogP contribution < -0.4 is 15.4 Å². The number of hydrogen-bond acceptors (Lipinski definition) is 8. The Morgan fingerprint density at radius 3 is 2.38 bits per heavy atom. The summed E-state index contributed by atoms with van der Waals surface area (Å²) in [5, 5.41) is 10.7. The van der Waals surface area contributed by atoms with Gasteiger partial charge in [-0.2, -0.15) is 4.98 Å². The Balaban J connectivity index is 0.00000113. The van der Waals surface area contributed by atoms with Crippen LogP contribution in [0.3, 0.4) is 0 Å². The fourth-order valence-electron chi connectivity index (χ4n) is 4.65. The monoisotopic (exact) mass is 590 g/mol. The number of benzene rings is 3. The van der Waals surface area contributed by atoms with Gasteiger partial charge in [0.1, 0.15) is 28.4 Å². The van der Waals surface area contributed by atoms with Crippen molar-refractivity contribution in [3.8, 4) is 28.2 Å². The molecule has 2 heterocycles. The third kappa shape index (κ3) is 5.50. The van der Waals surface area contributed by atoms with Gasteiger partial charge in [-0.25, -0.2) is 4.39 Å². The van der Waals surface area contributed by atoms with Gasteiger partial charge in [0, 0.05) is 29.5 Å². The largest absolute Gasteiger partial charge is 0.496 e. The number of hydrogen-bond donors (Lipinski definition) is 2. The van der Waals surface area contributed by atoms with Crippen LogP contribution in [0.1, 0.15) is 45.3 Å². The fraction of sp³-hybridized carbons (Fsp3) is 0.226. The van der Waals surface area contributed by atoms with Crippen LogP contribution in [0.4, 0.5) is 4.39 Å². The topological polar surface area (TPSA) is 119 Å². The summed E-state index contributed by atoms with van der Waals surface area (Å²) in [5.74, 6) is 0.733. The Kier molecular flexibility index (Phi) is 8.11. The van der Waals surface area contributed by atoms with Gasteiger partial charge in [0.25, 0.3) is 5.91 Å². The molecule has 6 rings (SSSR count). The number of carbonyl (C=O) groups excluding carboxylic acids is 2. The standard InChI is InChI=1S/C29H21ClFN3O5.C2H7N/c1-15-32-28(34-39-15)29(9-10-29)33-27(36)21-12-19(23(30)13-25(21)37-2)17-5-8-24-20(11-17)22(14-35)26(38-24)16-3-6-18(31)7-4-16;1-3-2/h3-8,11-14H,9-10H2,1-2H3,(H,33,36);3H,1-2H3. The molecule has 0 bridgehead atoms. The van der Waals surface area contributed by atoms with Crippen LogP contribution in [0.2, 0.25) is 5.02 Å². The molecule has 5 aromatic rings. The lowest BCUT2D eigenvalue weighted by Crippen LogP contribution is -2.36. The number of aldehydes is 1. The summed E-state index contributed by atoms with van der Waals surface area (Å²) in [6, 6.07) is 14.2. The number of amides is 1. The zero-order chi connectivity index (χ0) is 30.0. The lowest BCUT2D eigenvalue weighted by atomic mass is 9.98. The van der Waals surface area contributed by atoms with E-state index in [-0.39, 0.29) is 17.3 Å². The molecule has 2 aromatic heterocycles. The van der Waals surface area contributed by atoms with Gasteiger partial charge in [-0.3, -0.25) is 9.59 Å². The zero-order valence-electron chi connectivity index (χ0n) is 23.4. The number of nitrogens with one attached hydrogen (secondary N) is 2. The molecule has 216 valence electrons. The van der Waals surface area contributed by atoms with E-state index in [0.29, 0.717) is 80.6 Å². The Morgan fingerprint density at radius 2 is 1.79 bits per heavy atom. The van der Waals surface area contributed by atoms with Crippen molar-refractivity contribution in [3.05, 3.63) is 88.3 Å². The van der Waals surface area contributed by atoms with Gasteiger partial charge in [0.05, 0.1) is 23.3 Å². The van der Waals surface area contributed by atoms with E-state index < -0.39 is 5.54 Å². The van der Waals surface area contributed by atoms with Crippen molar-refractivity contribution in [1.29, 1.82) is 0 Å². The van der Waals surface area contributed by atoms with Crippen LogP contribution in [-0.2, 0) is 5.54 Å². The smallest absolute Gasteiger partial charge is 0.255 e. The molecule has 11 heteroatoms. The molecule has 1 aliphatic carbocycles. The molecular weight excluding hydrogens is 563 g/mol. The summed E-state index contributed by atoms with van der Waals surface area (Å²) in [6.07, 6.45) is 2.07. The van der Waals surface area contributed by atoms with Crippen molar-refractivity contribution in [2.75, 3.05) is 21.2 Å². The first-order valence-corrected chi connectivity index (χ1v) is 13.5. The summed E-state index contributed by atoms with van der Waals surface area (Å²) in [7, 11) is 5.21. The molecule has 0 unspecified atom stereocenters. The number of halogens is 2. The summed E-state index contributed by atoms with van der Waals surface area (Å²) in [6.45, 7) is 1.69. The van der Waals surface area contributed by atoms with E-state index in [9.17, 15) is 14.0 Å². The van der Waals surface area contributed by atoms with Crippen LogP contribution in [-0.4, -0.2) is 43.5 Å². The average Bonchev–Trinajstić information content (AvgIpc) is 3.46. The second kappa shape index (κ2) is 11.8. The first-order chi connectivity index (χ1) is 20.2. The van der Waals surface area contributed by atoms with Crippen LogP contribution in [0, 0.1) is 12.7 Å². The van der Waals surface area contributed by atoms with Crippen molar-refractivity contribution in [2.45, 2.75) is 25.3 Å². The molecule has 1 saturated carbocycles. The molecule has 9 nitrogen and oxygen atoms in total. The SMILES string of the molecule is CNC.COc1cc(Cl)c(-c2ccc3oc(-c4ccc(F)cc4)c(C=O)c3c2)cc1C(=O)NC1(c2noc(C)n2)CC1. The third-order valence-corrected chi connectivity index (χ3v) is 7.17. The summed E-state index contributed by atoms with van der Waals surface area (Å²) in [4.78, 5) is 29.8. The Labute approximate surface area is 246 Å². The highest BCUT2D eigenvalue weighted by Crippen LogP contribution is 2.45. The van der Waals surface area contributed by atoms with Crippen molar-refractivity contribution >= 4 is 34.8 Å².